The molecule has 4 atom stereocenters. The highest BCUT2D eigenvalue weighted by atomic mass is 35.5. The molecule has 0 spiro atoms. The van der Waals surface area contributed by atoms with Gasteiger partial charge in [0, 0.05) is 0 Å². The van der Waals surface area contributed by atoms with Crippen LogP contribution in [-0.2, 0) is 23.8 Å². The van der Waals surface area contributed by atoms with Crippen molar-refractivity contribution in [2.45, 2.75) is 87.4 Å². The number of carboxylic acid groups (broad SMARTS) is 1. The molecule has 0 radical (unpaired) electrons. The lowest BCUT2D eigenvalue weighted by Gasteiger charge is -2.32. The van der Waals surface area contributed by atoms with Crippen molar-refractivity contribution in [3.05, 3.63) is 68.8 Å². The number of amides is 4. The first-order valence-corrected chi connectivity index (χ1v) is 19.4. The van der Waals surface area contributed by atoms with Crippen LogP contribution in [-0.4, -0.2) is 135 Å². The van der Waals surface area contributed by atoms with Crippen LogP contribution in [0.5, 0.6) is 0 Å². The number of carbonyl (C=O) groups excluding carboxylic acids is 5. The van der Waals surface area contributed by atoms with E-state index in [0.717, 1.165) is 6.92 Å². The number of nitrogens with zero attached hydrogens (tertiary/aromatic N) is 2. The number of esters is 1. The van der Waals surface area contributed by atoms with E-state index in [1.807, 2.05) is 0 Å². The Kier molecular flexibility index (Phi) is 21.5. The molecule has 76 heavy (non-hydrogen) atoms. The normalized spacial score (nSPS) is 16.5. The molecule has 4 rings (SSSR count). The standard InChI is InChI=1S/C17H8F13NO5.C11H5F4NO4.C6H5F9O2.CH2Cl2/c1-4(31-11(32)5-6(12(31)33)8(19)10(21)9(20)7(5)18)13(34)35-3-14(22,17(28,29)30)36-16(26,27)2-15(23,24)25;1-2(11(19)20)16-9(17)3-4(10(16)18)6(13)8(15)7(14)5(3)12;7-3(2-16,6(13,14)15)17-5(11,12)1-4(8,9)10;2-1-3/h4H,2-3H2,1H3;2H,1H3,(H,19,20);16H,1-2H2;1H2/t4-,14?;2-;;/m00../s1. The molecular weight excluding hydrogens is 1190 g/mol. The Bertz CT molecular complexity index is 2470. The number of alkyl halides is 20. The van der Waals surface area contributed by atoms with E-state index < -0.39 is 196 Å². The van der Waals surface area contributed by atoms with Crippen molar-refractivity contribution in [2.75, 3.05) is 18.6 Å². The highest BCUT2D eigenvalue weighted by Gasteiger charge is 2.65. The number of ether oxygens (including phenoxy) is 3. The molecule has 0 bridgehead atoms. The summed E-state index contributed by atoms with van der Waals surface area (Å²) in [6.07, 6.45) is -41.8. The Morgan fingerprint density at radius 3 is 0.961 bits per heavy atom. The number of benzene rings is 2. The number of aliphatic hydroxyl groups is 1. The Hall–Kier alpha value is -5.70. The van der Waals surface area contributed by atoms with Crippen molar-refractivity contribution in [3.8, 4) is 0 Å². The van der Waals surface area contributed by atoms with E-state index in [0.29, 0.717) is 6.92 Å². The highest BCUT2D eigenvalue weighted by molar-refractivity contribution is 6.40. The molecule has 0 fully saturated rings. The number of hydrogen-bond donors (Lipinski definition) is 2. The summed E-state index contributed by atoms with van der Waals surface area (Å²) in [5.41, 5.74) is -6.05. The number of hydrogen-bond acceptors (Lipinski definition) is 10. The second-order valence-electron chi connectivity index (χ2n) is 14.0. The molecule has 0 saturated carbocycles. The third-order valence-corrected chi connectivity index (χ3v) is 8.62. The van der Waals surface area contributed by atoms with Crippen molar-refractivity contribution >= 4 is 58.8 Å². The van der Waals surface area contributed by atoms with E-state index in [1.165, 1.54) is 0 Å². The largest absolute Gasteiger partial charge is 0.480 e. The quantitative estimate of drug-likeness (QED) is 0.0487. The zero-order chi connectivity index (χ0) is 60.4. The molecule has 0 aliphatic carbocycles. The molecule has 2 unspecified atom stereocenters. The maximum absolute atomic E-state index is 14.1. The minimum atomic E-state index is -6.54. The predicted octanol–water partition coefficient (Wildman–Crippen LogP) is 10.1. The Morgan fingerprint density at radius 2 is 0.737 bits per heavy atom. The van der Waals surface area contributed by atoms with Gasteiger partial charge in [0.25, 0.3) is 23.6 Å². The first-order valence-electron chi connectivity index (χ1n) is 18.3. The Balaban J connectivity index is 0.000000607. The molecule has 2 aliphatic rings. The SMILES string of the molecule is C[C@@H](C(=O)O)N1C(=O)c2c(F)c(F)c(F)c(F)c2C1=O.C[C@@H](C(=O)OCC(F)(OC(F)(F)CC(F)(F)F)C(F)(F)F)N1C(=O)c2c(F)c(F)c(F)c(F)c2C1=O.ClCCl.OCC(F)(OC(F)(F)CC(F)(F)F)C(F)(F)F. The molecule has 4 amide bonds. The van der Waals surface area contributed by atoms with E-state index in [1.54, 1.807) is 0 Å². The van der Waals surface area contributed by atoms with Crippen LogP contribution in [0.3, 0.4) is 0 Å². The molecule has 13 nitrogen and oxygen atoms in total. The molecule has 0 saturated heterocycles. The van der Waals surface area contributed by atoms with Crippen LogP contribution in [0.1, 0.15) is 68.1 Å². The van der Waals surface area contributed by atoms with Gasteiger partial charge in [0.15, 0.2) is 53.1 Å². The number of carboxylic acids is 1. The summed E-state index contributed by atoms with van der Waals surface area (Å²) in [4.78, 5) is 70.1. The predicted molar refractivity (Wildman–Crippen MR) is 188 cm³/mol. The zero-order valence-corrected chi connectivity index (χ0v) is 37.2. The zero-order valence-electron chi connectivity index (χ0n) is 35.7. The maximum Gasteiger partial charge on any atom is 0.452 e. The van der Waals surface area contributed by atoms with E-state index in [2.05, 4.69) is 14.2 Å². The van der Waals surface area contributed by atoms with Crippen LogP contribution in [0, 0.1) is 46.5 Å². The van der Waals surface area contributed by atoms with Crippen LogP contribution in [0.2, 0.25) is 0 Å². The second-order valence-corrected chi connectivity index (χ2v) is 14.9. The third-order valence-electron chi connectivity index (χ3n) is 8.62. The Morgan fingerprint density at radius 1 is 0.487 bits per heavy atom. The van der Waals surface area contributed by atoms with E-state index in [9.17, 15) is 143 Å². The summed E-state index contributed by atoms with van der Waals surface area (Å²) in [5.74, 6) is -40.4. The number of imide groups is 2. The minimum Gasteiger partial charge on any atom is -0.480 e. The Labute approximate surface area is 410 Å². The van der Waals surface area contributed by atoms with Gasteiger partial charge in [-0.2, -0.15) is 79.0 Å². The number of carbonyl (C=O) groups is 6. The van der Waals surface area contributed by atoms with Crippen LogP contribution >= 0.6 is 23.2 Å². The van der Waals surface area contributed by atoms with Gasteiger partial charge in [-0.05, 0) is 13.8 Å². The van der Waals surface area contributed by atoms with Gasteiger partial charge in [0.05, 0.1) is 27.6 Å². The van der Waals surface area contributed by atoms with Crippen LogP contribution in [0.25, 0.3) is 0 Å². The van der Waals surface area contributed by atoms with Crippen molar-refractivity contribution < 1.29 is 167 Å². The molecule has 41 heteroatoms. The van der Waals surface area contributed by atoms with Gasteiger partial charge in [0.1, 0.15) is 31.5 Å². The lowest BCUT2D eigenvalue weighted by molar-refractivity contribution is -0.428. The molecule has 2 heterocycles. The van der Waals surface area contributed by atoms with Gasteiger partial charge in [0.2, 0.25) is 0 Å². The molecular formula is C35H20Cl2F26N2O11. The lowest BCUT2D eigenvalue weighted by atomic mass is 10.1. The lowest BCUT2D eigenvalue weighted by Crippen LogP contribution is -2.53. The molecule has 2 aromatic rings. The number of rotatable bonds is 13. The van der Waals surface area contributed by atoms with Crippen LogP contribution < -0.4 is 0 Å². The monoisotopic (exact) mass is 1210 g/mol. The highest BCUT2D eigenvalue weighted by Crippen LogP contribution is 2.45. The van der Waals surface area contributed by atoms with Crippen LogP contribution in [0.4, 0.5) is 114 Å². The van der Waals surface area contributed by atoms with Gasteiger partial charge < -0.3 is 14.9 Å². The fourth-order valence-corrected chi connectivity index (χ4v) is 5.30. The van der Waals surface area contributed by atoms with Crippen molar-refractivity contribution in [1.29, 1.82) is 0 Å². The van der Waals surface area contributed by atoms with Gasteiger partial charge in [-0.25, -0.2) is 44.7 Å². The third kappa shape index (κ3) is 15.5. The van der Waals surface area contributed by atoms with Gasteiger partial charge in [-0.15, -0.1) is 23.2 Å². The van der Waals surface area contributed by atoms with Gasteiger partial charge in [-0.3, -0.25) is 38.5 Å². The topological polar surface area (TPSA) is 177 Å². The number of halogens is 28. The first-order chi connectivity index (χ1) is 33.9. The smallest absolute Gasteiger partial charge is 0.452 e. The fraction of sp³-hybridized carbons (Fsp3) is 0.486. The summed E-state index contributed by atoms with van der Waals surface area (Å²) < 4.78 is 339. The molecule has 432 valence electrons. The molecule has 2 aliphatic heterocycles. The van der Waals surface area contributed by atoms with Crippen molar-refractivity contribution in [2.24, 2.45) is 0 Å². The maximum atomic E-state index is 14.1. The van der Waals surface area contributed by atoms with Crippen molar-refractivity contribution in [3.63, 3.8) is 0 Å². The summed E-state index contributed by atoms with van der Waals surface area (Å²) in [7, 11) is 0. The summed E-state index contributed by atoms with van der Waals surface area (Å²) >= 11 is 9.53. The van der Waals surface area contributed by atoms with E-state index >= 15 is 0 Å². The molecule has 0 aromatic heterocycles. The van der Waals surface area contributed by atoms with E-state index in [-0.39, 0.29) is 10.2 Å². The van der Waals surface area contributed by atoms with Gasteiger partial charge >= 0.3 is 60.6 Å². The minimum absolute atomic E-state index is 0.0258. The van der Waals surface area contributed by atoms with Crippen molar-refractivity contribution in [1.82, 2.24) is 9.80 Å². The van der Waals surface area contributed by atoms with Gasteiger partial charge in [-0.1, -0.05) is 0 Å². The summed E-state index contributed by atoms with van der Waals surface area (Å²) in [6, 6.07) is -4.28. The first kappa shape index (κ1) is 68.3. The molecule has 2 aromatic carbocycles. The number of fused-ring (bicyclic) bond motifs is 2. The fourth-order valence-electron chi connectivity index (χ4n) is 5.30. The van der Waals surface area contributed by atoms with E-state index in [4.69, 9.17) is 33.4 Å². The summed E-state index contributed by atoms with van der Waals surface area (Å²) in [5, 5.41) is 16.9. The average Bonchev–Trinajstić information content (AvgIpc) is 3.66. The van der Waals surface area contributed by atoms with Crippen LogP contribution in [0.15, 0.2) is 0 Å². The number of aliphatic hydroxyl groups excluding tert-OH is 1. The summed E-state index contributed by atoms with van der Waals surface area (Å²) in [6.45, 7) is -4.17. The second kappa shape index (κ2) is 23.9. The average molecular weight is 1210 g/mol. The molecule has 2 N–H and O–H groups in total. The number of aliphatic carboxylic acids is 1.